The van der Waals surface area contributed by atoms with Crippen LogP contribution in [0.3, 0.4) is 0 Å². The van der Waals surface area contributed by atoms with Crippen molar-refractivity contribution in [2.24, 2.45) is 0 Å². The van der Waals surface area contributed by atoms with E-state index in [2.05, 4.69) is 11.8 Å². The number of benzene rings is 1. The summed E-state index contributed by atoms with van der Waals surface area (Å²) < 4.78 is 11.4. The lowest BCUT2D eigenvalue weighted by Crippen LogP contribution is -2.44. The summed E-state index contributed by atoms with van der Waals surface area (Å²) in [4.78, 5) is 2.34. The van der Waals surface area contributed by atoms with Gasteiger partial charge in [0.1, 0.15) is 18.5 Å². The topological polar surface area (TPSA) is 41.9 Å². The number of halogens is 1. The molecule has 0 radical (unpaired) electrons. The molecule has 1 saturated heterocycles. The Morgan fingerprint density at radius 2 is 2.37 bits per heavy atom. The molecular formula is C14H20ClNO3. The Kier molecular flexibility index (Phi) is 5.45. The number of likely N-dealkylation sites (N-methyl/N-ethyl adjacent to an activating group) is 1. The molecule has 0 aromatic heterocycles. The number of aliphatic hydroxyl groups excluding tert-OH is 1. The predicted octanol–water partition coefficient (Wildman–Crippen LogP) is 1.93. The van der Waals surface area contributed by atoms with Gasteiger partial charge in [-0.2, -0.15) is 0 Å². The van der Waals surface area contributed by atoms with E-state index in [4.69, 9.17) is 26.2 Å². The van der Waals surface area contributed by atoms with Crippen molar-refractivity contribution in [3.05, 3.63) is 28.8 Å². The monoisotopic (exact) mass is 285 g/mol. The molecular weight excluding hydrogens is 266 g/mol. The molecule has 19 heavy (non-hydrogen) atoms. The average molecular weight is 286 g/mol. The fraction of sp³-hybridized carbons (Fsp3) is 0.571. The fourth-order valence-electron chi connectivity index (χ4n) is 2.11. The molecule has 0 bridgehead atoms. The normalized spacial score (nSPS) is 20.5. The van der Waals surface area contributed by atoms with Gasteiger partial charge in [0.15, 0.2) is 0 Å². The van der Waals surface area contributed by atoms with Crippen molar-refractivity contribution in [3.8, 4) is 5.75 Å². The van der Waals surface area contributed by atoms with Gasteiger partial charge in [0, 0.05) is 13.1 Å². The van der Waals surface area contributed by atoms with E-state index in [0.29, 0.717) is 17.4 Å². The molecule has 4 nitrogen and oxygen atoms in total. The highest BCUT2D eigenvalue weighted by molar-refractivity contribution is 6.32. The molecule has 5 heteroatoms. The van der Waals surface area contributed by atoms with Gasteiger partial charge in [-0.15, -0.1) is 0 Å². The first-order valence-electron chi connectivity index (χ1n) is 6.59. The minimum Gasteiger partial charge on any atom is -0.489 e. The number of ether oxygens (including phenoxy) is 2. The fourth-order valence-corrected chi connectivity index (χ4v) is 2.37. The lowest BCUT2D eigenvalue weighted by atomic mass is 10.2. The first-order chi connectivity index (χ1) is 9.22. The number of aliphatic hydroxyl groups is 1. The number of morpholine rings is 1. The molecule has 1 atom stereocenters. The van der Waals surface area contributed by atoms with E-state index in [1.165, 1.54) is 0 Å². The van der Waals surface area contributed by atoms with Crippen LogP contribution in [0.1, 0.15) is 12.5 Å². The van der Waals surface area contributed by atoms with Crippen LogP contribution in [0.25, 0.3) is 0 Å². The maximum Gasteiger partial charge on any atom is 0.138 e. The van der Waals surface area contributed by atoms with Crippen LogP contribution in [0.4, 0.5) is 0 Å². The Balaban J connectivity index is 1.88. The molecule has 1 aliphatic heterocycles. The van der Waals surface area contributed by atoms with Gasteiger partial charge in [-0.25, -0.2) is 0 Å². The Hall–Kier alpha value is -0.810. The highest BCUT2D eigenvalue weighted by Crippen LogP contribution is 2.25. The van der Waals surface area contributed by atoms with Crippen LogP contribution in [0.2, 0.25) is 5.02 Å². The second kappa shape index (κ2) is 7.10. The van der Waals surface area contributed by atoms with E-state index >= 15 is 0 Å². The third-order valence-corrected chi connectivity index (χ3v) is 3.57. The zero-order valence-electron chi connectivity index (χ0n) is 11.1. The van der Waals surface area contributed by atoms with Crippen LogP contribution in [0, 0.1) is 0 Å². The van der Waals surface area contributed by atoms with Crippen LogP contribution in [0.5, 0.6) is 5.75 Å². The first kappa shape index (κ1) is 14.6. The van der Waals surface area contributed by atoms with Crippen LogP contribution in [-0.4, -0.2) is 49.0 Å². The van der Waals surface area contributed by atoms with Crippen molar-refractivity contribution in [1.82, 2.24) is 4.90 Å². The number of hydrogen-bond acceptors (Lipinski definition) is 4. The van der Waals surface area contributed by atoms with Crippen LogP contribution >= 0.6 is 11.6 Å². The van der Waals surface area contributed by atoms with Crippen molar-refractivity contribution in [1.29, 1.82) is 0 Å². The van der Waals surface area contributed by atoms with Gasteiger partial charge in [-0.3, -0.25) is 4.90 Å². The van der Waals surface area contributed by atoms with E-state index in [9.17, 15) is 0 Å². The third-order valence-electron chi connectivity index (χ3n) is 3.27. The number of hydrogen-bond donors (Lipinski definition) is 1. The van der Waals surface area contributed by atoms with E-state index in [1.54, 1.807) is 18.2 Å². The molecule has 1 unspecified atom stereocenters. The van der Waals surface area contributed by atoms with Crippen molar-refractivity contribution in [2.75, 3.05) is 32.8 Å². The summed E-state index contributed by atoms with van der Waals surface area (Å²) in [7, 11) is 0. The van der Waals surface area contributed by atoms with E-state index in [0.717, 1.165) is 31.8 Å². The van der Waals surface area contributed by atoms with E-state index in [1.807, 2.05) is 0 Å². The minimum atomic E-state index is -0.0167. The molecule has 1 N–H and O–H groups in total. The molecule has 1 aliphatic rings. The highest BCUT2D eigenvalue weighted by atomic mass is 35.5. The van der Waals surface area contributed by atoms with Crippen LogP contribution in [-0.2, 0) is 11.3 Å². The molecule has 0 saturated carbocycles. The largest absolute Gasteiger partial charge is 0.489 e. The molecule has 0 amide bonds. The van der Waals surface area contributed by atoms with Crippen LogP contribution < -0.4 is 4.74 Å². The lowest BCUT2D eigenvalue weighted by Gasteiger charge is -2.31. The molecule has 1 heterocycles. The zero-order valence-corrected chi connectivity index (χ0v) is 11.9. The average Bonchev–Trinajstić information content (AvgIpc) is 2.46. The van der Waals surface area contributed by atoms with Gasteiger partial charge >= 0.3 is 0 Å². The van der Waals surface area contributed by atoms with Gasteiger partial charge in [-0.1, -0.05) is 24.6 Å². The lowest BCUT2D eigenvalue weighted by molar-refractivity contribution is -0.0463. The van der Waals surface area contributed by atoms with Gasteiger partial charge in [0.05, 0.1) is 18.2 Å². The molecule has 0 aliphatic carbocycles. The molecule has 0 spiro atoms. The molecule has 106 valence electrons. The standard InChI is InChI=1S/C14H20ClNO3/c1-2-16-5-6-18-12(8-16)10-19-14-4-3-11(9-17)7-13(14)15/h3-4,7,12,17H,2,5-6,8-10H2,1H3. The number of rotatable bonds is 5. The van der Waals surface area contributed by atoms with Crippen molar-refractivity contribution in [2.45, 2.75) is 19.6 Å². The Labute approximate surface area is 118 Å². The summed E-state index contributed by atoms with van der Waals surface area (Å²) in [5, 5.41) is 9.54. The van der Waals surface area contributed by atoms with E-state index in [-0.39, 0.29) is 12.7 Å². The molecule has 2 rings (SSSR count). The van der Waals surface area contributed by atoms with Gasteiger partial charge in [0.2, 0.25) is 0 Å². The van der Waals surface area contributed by atoms with Crippen molar-refractivity contribution >= 4 is 11.6 Å². The maximum absolute atomic E-state index is 9.02. The van der Waals surface area contributed by atoms with Crippen molar-refractivity contribution < 1.29 is 14.6 Å². The summed E-state index contributed by atoms with van der Waals surface area (Å²) in [5.41, 5.74) is 0.781. The minimum absolute atomic E-state index is 0.0167. The Bertz CT molecular complexity index is 414. The summed E-state index contributed by atoms with van der Waals surface area (Å²) in [6, 6.07) is 5.31. The smallest absolute Gasteiger partial charge is 0.138 e. The van der Waals surface area contributed by atoms with Crippen LogP contribution in [0.15, 0.2) is 18.2 Å². The summed E-state index contributed by atoms with van der Waals surface area (Å²) >= 11 is 6.09. The molecule has 1 aromatic carbocycles. The zero-order chi connectivity index (χ0) is 13.7. The number of nitrogens with zero attached hydrogens (tertiary/aromatic N) is 1. The second-order valence-corrected chi connectivity index (χ2v) is 5.03. The SMILES string of the molecule is CCN1CCOC(COc2ccc(CO)cc2Cl)C1. The predicted molar refractivity (Wildman–Crippen MR) is 74.7 cm³/mol. The molecule has 1 fully saturated rings. The Morgan fingerprint density at radius 3 is 3.05 bits per heavy atom. The first-order valence-corrected chi connectivity index (χ1v) is 6.96. The van der Waals surface area contributed by atoms with Gasteiger partial charge in [-0.05, 0) is 24.2 Å². The maximum atomic E-state index is 9.02. The van der Waals surface area contributed by atoms with Crippen molar-refractivity contribution in [3.63, 3.8) is 0 Å². The Morgan fingerprint density at radius 1 is 1.53 bits per heavy atom. The summed E-state index contributed by atoms with van der Waals surface area (Å²) in [5.74, 6) is 0.635. The van der Waals surface area contributed by atoms with E-state index < -0.39 is 0 Å². The molecule has 1 aromatic rings. The summed E-state index contributed by atoms with van der Waals surface area (Å²) in [6.45, 7) is 6.28. The van der Waals surface area contributed by atoms with Gasteiger partial charge < -0.3 is 14.6 Å². The second-order valence-electron chi connectivity index (χ2n) is 4.62. The highest BCUT2D eigenvalue weighted by Gasteiger charge is 2.20. The third kappa shape index (κ3) is 4.08. The van der Waals surface area contributed by atoms with Gasteiger partial charge in [0.25, 0.3) is 0 Å². The summed E-state index contributed by atoms with van der Waals surface area (Å²) in [6.07, 6.45) is 0.0854. The quantitative estimate of drug-likeness (QED) is 0.898.